The summed E-state index contributed by atoms with van der Waals surface area (Å²) in [5.74, 6) is -0.138. The molecular weight excluding hydrogens is 432 g/mol. The van der Waals surface area contributed by atoms with Crippen LogP contribution in [0.2, 0.25) is 0 Å². The highest BCUT2D eigenvalue weighted by Gasteiger charge is 2.26. The van der Waals surface area contributed by atoms with Gasteiger partial charge in [-0.15, -0.1) is 0 Å². The number of esters is 1. The van der Waals surface area contributed by atoms with Gasteiger partial charge in [-0.2, -0.15) is 0 Å². The first-order chi connectivity index (χ1) is 16.4. The Labute approximate surface area is 199 Å². The van der Waals surface area contributed by atoms with E-state index in [1.807, 2.05) is 12.1 Å². The number of benzene rings is 2. The predicted octanol–water partition coefficient (Wildman–Crippen LogP) is 3.81. The summed E-state index contributed by atoms with van der Waals surface area (Å²) >= 11 is 0. The standard InChI is InChI=1S/C26H32N4O4/c1-17-7-5-8-19(15-17)30-14-13-29(16-18(30)2)12-11-22(31)28-24-23-20(9-6-10-21(23)33-3)27-25(24)26(32)34-4/h5-10,15,18,27H,11-14,16H2,1-4H3,(H,28,31)/t18-/m0/s1. The second-order valence-corrected chi connectivity index (χ2v) is 8.73. The summed E-state index contributed by atoms with van der Waals surface area (Å²) in [5.41, 5.74) is 3.78. The summed E-state index contributed by atoms with van der Waals surface area (Å²) in [6, 6.07) is 14.4. The molecule has 1 saturated heterocycles. The number of nitrogens with one attached hydrogen (secondary N) is 2. The molecule has 4 rings (SSSR count). The van der Waals surface area contributed by atoms with Gasteiger partial charge in [0, 0.05) is 44.3 Å². The minimum absolute atomic E-state index is 0.161. The lowest BCUT2D eigenvalue weighted by atomic mass is 10.1. The lowest BCUT2D eigenvalue weighted by molar-refractivity contribution is -0.116. The lowest BCUT2D eigenvalue weighted by Crippen LogP contribution is -2.52. The van der Waals surface area contributed by atoms with Crippen molar-refractivity contribution >= 4 is 34.2 Å². The van der Waals surface area contributed by atoms with E-state index in [0.717, 1.165) is 19.6 Å². The molecule has 1 aliphatic heterocycles. The number of H-pyrrole nitrogens is 1. The summed E-state index contributed by atoms with van der Waals surface area (Å²) < 4.78 is 10.4. The van der Waals surface area contributed by atoms with Gasteiger partial charge in [0.05, 0.1) is 30.8 Å². The number of ether oxygens (including phenoxy) is 2. The minimum Gasteiger partial charge on any atom is -0.496 e. The van der Waals surface area contributed by atoms with Crippen molar-refractivity contribution < 1.29 is 19.1 Å². The molecule has 1 fully saturated rings. The largest absolute Gasteiger partial charge is 0.496 e. The Morgan fingerprint density at radius 1 is 1.15 bits per heavy atom. The number of amides is 1. The highest BCUT2D eigenvalue weighted by atomic mass is 16.5. The van der Waals surface area contributed by atoms with Crippen molar-refractivity contribution in [3.8, 4) is 5.75 Å². The van der Waals surface area contributed by atoms with Crippen molar-refractivity contribution in [2.45, 2.75) is 26.3 Å². The average molecular weight is 465 g/mol. The van der Waals surface area contributed by atoms with Crippen molar-refractivity contribution in [3.05, 3.63) is 53.7 Å². The van der Waals surface area contributed by atoms with Crippen molar-refractivity contribution in [1.29, 1.82) is 0 Å². The number of aromatic amines is 1. The number of methoxy groups -OCH3 is 2. The third kappa shape index (κ3) is 4.87. The molecule has 1 amide bonds. The molecule has 0 unspecified atom stereocenters. The number of nitrogens with zero attached hydrogens (tertiary/aromatic N) is 2. The first kappa shape index (κ1) is 23.6. The van der Waals surface area contributed by atoms with Gasteiger partial charge in [-0.25, -0.2) is 4.79 Å². The van der Waals surface area contributed by atoms with E-state index >= 15 is 0 Å². The van der Waals surface area contributed by atoms with Gasteiger partial charge in [-0.05, 0) is 43.7 Å². The number of hydrogen-bond acceptors (Lipinski definition) is 6. The summed E-state index contributed by atoms with van der Waals surface area (Å²) in [6.07, 6.45) is 0.319. The summed E-state index contributed by atoms with van der Waals surface area (Å²) in [4.78, 5) is 33.0. The second kappa shape index (κ2) is 10.2. The fourth-order valence-electron chi connectivity index (χ4n) is 4.65. The first-order valence-corrected chi connectivity index (χ1v) is 11.5. The van der Waals surface area contributed by atoms with Gasteiger partial charge in [0.15, 0.2) is 0 Å². The van der Waals surface area contributed by atoms with E-state index in [-0.39, 0.29) is 11.6 Å². The Hall–Kier alpha value is -3.52. The van der Waals surface area contributed by atoms with Crippen LogP contribution < -0.4 is 15.0 Å². The van der Waals surface area contributed by atoms with Gasteiger partial charge in [0.25, 0.3) is 0 Å². The molecule has 1 atom stereocenters. The molecule has 8 heteroatoms. The molecule has 0 radical (unpaired) electrons. The van der Waals surface area contributed by atoms with E-state index in [4.69, 9.17) is 9.47 Å². The van der Waals surface area contributed by atoms with Crippen LogP contribution >= 0.6 is 0 Å². The topological polar surface area (TPSA) is 86.9 Å². The van der Waals surface area contributed by atoms with Gasteiger partial charge >= 0.3 is 5.97 Å². The number of rotatable bonds is 7. The van der Waals surface area contributed by atoms with Crippen LogP contribution in [0.25, 0.3) is 10.9 Å². The van der Waals surface area contributed by atoms with Gasteiger partial charge in [-0.1, -0.05) is 18.2 Å². The van der Waals surface area contributed by atoms with Crippen LogP contribution in [0, 0.1) is 6.92 Å². The van der Waals surface area contributed by atoms with Gasteiger partial charge in [-0.3, -0.25) is 9.69 Å². The zero-order valence-electron chi connectivity index (χ0n) is 20.2. The van der Waals surface area contributed by atoms with Crippen LogP contribution in [0.1, 0.15) is 29.4 Å². The number of anilines is 2. The van der Waals surface area contributed by atoms with Gasteiger partial charge in [0.2, 0.25) is 5.91 Å². The molecule has 180 valence electrons. The van der Waals surface area contributed by atoms with E-state index in [9.17, 15) is 9.59 Å². The van der Waals surface area contributed by atoms with Gasteiger partial charge < -0.3 is 24.7 Å². The van der Waals surface area contributed by atoms with Crippen molar-refractivity contribution in [1.82, 2.24) is 9.88 Å². The Morgan fingerprint density at radius 3 is 2.65 bits per heavy atom. The number of aromatic nitrogens is 1. The predicted molar refractivity (Wildman–Crippen MR) is 134 cm³/mol. The zero-order chi connectivity index (χ0) is 24.2. The highest BCUT2D eigenvalue weighted by Crippen LogP contribution is 2.35. The number of aryl methyl sites for hydroxylation is 1. The number of carbonyl (C=O) groups excluding carboxylic acids is 2. The van der Waals surface area contributed by atoms with Crippen LogP contribution in [0.15, 0.2) is 42.5 Å². The third-order valence-electron chi connectivity index (χ3n) is 6.36. The van der Waals surface area contributed by atoms with Crippen molar-refractivity contribution in [2.75, 3.05) is 50.6 Å². The van der Waals surface area contributed by atoms with E-state index in [2.05, 4.69) is 58.2 Å². The molecule has 2 N–H and O–H groups in total. The second-order valence-electron chi connectivity index (χ2n) is 8.73. The summed E-state index contributed by atoms with van der Waals surface area (Å²) in [5, 5.41) is 3.58. The molecule has 8 nitrogen and oxygen atoms in total. The fraction of sp³-hybridized carbons (Fsp3) is 0.385. The summed E-state index contributed by atoms with van der Waals surface area (Å²) in [7, 11) is 2.87. The molecule has 34 heavy (non-hydrogen) atoms. The Bertz CT molecular complexity index is 1190. The molecule has 0 spiro atoms. The normalized spacial score (nSPS) is 16.5. The molecule has 0 aliphatic carbocycles. The molecule has 1 aliphatic rings. The fourth-order valence-corrected chi connectivity index (χ4v) is 4.65. The molecule has 0 saturated carbocycles. The smallest absolute Gasteiger partial charge is 0.356 e. The highest BCUT2D eigenvalue weighted by molar-refractivity contribution is 6.12. The molecule has 2 heterocycles. The van der Waals surface area contributed by atoms with Crippen LogP contribution in [0.3, 0.4) is 0 Å². The Kier molecular flexibility index (Phi) is 7.07. The maximum atomic E-state index is 12.9. The van der Waals surface area contributed by atoms with Gasteiger partial charge in [0.1, 0.15) is 11.4 Å². The minimum atomic E-state index is -0.547. The van der Waals surface area contributed by atoms with E-state index in [1.54, 1.807) is 13.2 Å². The molecule has 0 bridgehead atoms. The van der Waals surface area contributed by atoms with E-state index in [1.165, 1.54) is 18.4 Å². The maximum absolute atomic E-state index is 12.9. The van der Waals surface area contributed by atoms with Crippen LogP contribution in [-0.2, 0) is 9.53 Å². The molecule has 3 aromatic rings. The SMILES string of the molecule is COC(=O)c1[nH]c2cccc(OC)c2c1NC(=O)CCN1CCN(c2cccc(C)c2)[C@@H](C)C1. The number of carbonyl (C=O) groups is 2. The first-order valence-electron chi connectivity index (χ1n) is 11.5. The maximum Gasteiger partial charge on any atom is 0.356 e. The number of fused-ring (bicyclic) bond motifs is 1. The average Bonchev–Trinajstić information content (AvgIpc) is 3.20. The Morgan fingerprint density at radius 2 is 1.94 bits per heavy atom. The molecule has 1 aromatic heterocycles. The number of piperazine rings is 1. The lowest BCUT2D eigenvalue weighted by Gasteiger charge is -2.41. The van der Waals surface area contributed by atoms with Crippen molar-refractivity contribution in [2.24, 2.45) is 0 Å². The molecule has 2 aromatic carbocycles. The van der Waals surface area contributed by atoms with E-state index in [0.29, 0.717) is 41.3 Å². The zero-order valence-corrected chi connectivity index (χ0v) is 20.2. The third-order valence-corrected chi connectivity index (χ3v) is 6.36. The van der Waals surface area contributed by atoms with Crippen LogP contribution in [0.5, 0.6) is 5.75 Å². The molecular formula is C26H32N4O4. The quantitative estimate of drug-likeness (QED) is 0.517. The van der Waals surface area contributed by atoms with Crippen LogP contribution in [0.4, 0.5) is 11.4 Å². The van der Waals surface area contributed by atoms with Crippen LogP contribution in [-0.4, -0.2) is 68.2 Å². The summed E-state index contributed by atoms with van der Waals surface area (Å²) in [6.45, 7) is 7.66. The Balaban J connectivity index is 1.41. The van der Waals surface area contributed by atoms with E-state index < -0.39 is 5.97 Å². The van der Waals surface area contributed by atoms with Crippen molar-refractivity contribution in [3.63, 3.8) is 0 Å². The monoisotopic (exact) mass is 464 g/mol. The number of hydrogen-bond donors (Lipinski definition) is 2.